The molecule has 0 aliphatic carbocycles. The lowest BCUT2D eigenvalue weighted by molar-refractivity contribution is 0.102. The van der Waals surface area contributed by atoms with Crippen molar-refractivity contribution in [2.45, 2.75) is 6.92 Å². The second-order valence-corrected chi connectivity index (χ2v) is 7.44. The molecule has 3 rings (SSSR count). The molecule has 0 atom stereocenters. The first-order valence-electron chi connectivity index (χ1n) is 6.92. The molecule has 2 heterocycles. The third kappa shape index (κ3) is 3.86. The number of thioether (sulfide) groups is 1. The van der Waals surface area contributed by atoms with Crippen LogP contribution in [-0.2, 0) is 0 Å². The normalized spacial score (nSPS) is 10.7. The highest BCUT2D eigenvalue weighted by Crippen LogP contribution is 2.19. The van der Waals surface area contributed by atoms with Crippen LogP contribution < -0.4 is 10.9 Å². The molecule has 1 aromatic carbocycles. The van der Waals surface area contributed by atoms with E-state index >= 15 is 0 Å². The Hall–Kier alpha value is -2.10. The minimum Gasteiger partial charge on any atom is -0.316 e. The number of aromatic nitrogens is 3. The van der Waals surface area contributed by atoms with E-state index in [0.29, 0.717) is 25.7 Å². The highest BCUT2D eigenvalue weighted by atomic mass is 32.2. The number of benzene rings is 1. The van der Waals surface area contributed by atoms with Crippen LogP contribution in [-0.4, -0.2) is 30.5 Å². The average molecular weight is 376 g/mol. The second kappa shape index (κ2) is 7.20. The van der Waals surface area contributed by atoms with E-state index in [1.165, 1.54) is 33.7 Å². The maximum Gasteiger partial charge on any atom is 0.275 e. The summed E-state index contributed by atoms with van der Waals surface area (Å²) < 4.78 is 1.64. The van der Waals surface area contributed by atoms with Gasteiger partial charge in [-0.05, 0) is 6.92 Å². The summed E-state index contributed by atoms with van der Waals surface area (Å²) >= 11 is 7.68. The van der Waals surface area contributed by atoms with Crippen molar-refractivity contribution in [2.75, 3.05) is 11.1 Å². The Morgan fingerprint density at radius 3 is 2.88 bits per heavy atom. The van der Waals surface area contributed by atoms with E-state index in [1.54, 1.807) is 19.1 Å². The predicted octanol–water partition coefficient (Wildman–Crippen LogP) is 2.77. The van der Waals surface area contributed by atoms with Crippen LogP contribution in [0.15, 0.2) is 41.2 Å². The van der Waals surface area contributed by atoms with E-state index in [4.69, 9.17) is 12.2 Å². The van der Waals surface area contributed by atoms with Gasteiger partial charge in [-0.2, -0.15) is 4.52 Å². The van der Waals surface area contributed by atoms with Gasteiger partial charge in [0.15, 0.2) is 5.78 Å². The molecular formula is C15H12N4O2S3. The largest absolute Gasteiger partial charge is 0.316 e. The van der Waals surface area contributed by atoms with Gasteiger partial charge >= 0.3 is 0 Å². The summed E-state index contributed by atoms with van der Waals surface area (Å²) in [6.07, 6.45) is 0. The first kappa shape index (κ1) is 16.7. The number of Topliss-reactive ketones (excluding diaryl/α,β-unsaturated/α-hetero) is 1. The molecule has 24 heavy (non-hydrogen) atoms. The fourth-order valence-electron chi connectivity index (χ4n) is 1.93. The van der Waals surface area contributed by atoms with Crippen molar-refractivity contribution in [3.8, 4) is 0 Å². The first-order valence-corrected chi connectivity index (χ1v) is 9.13. The summed E-state index contributed by atoms with van der Waals surface area (Å²) in [6, 6.07) is 10.5. The number of hydrogen-bond acceptors (Lipinski definition) is 7. The number of thiocarbonyl (C=S) groups is 1. The van der Waals surface area contributed by atoms with Crippen LogP contribution in [0.3, 0.4) is 0 Å². The molecular weight excluding hydrogens is 364 g/mol. The van der Waals surface area contributed by atoms with Crippen molar-refractivity contribution in [2.24, 2.45) is 0 Å². The summed E-state index contributed by atoms with van der Waals surface area (Å²) in [5.74, 6) is 0.237. The van der Waals surface area contributed by atoms with Gasteiger partial charge in [-0.25, -0.2) is 4.98 Å². The second-order valence-electron chi connectivity index (χ2n) is 4.83. The number of nitrogens with one attached hydrogen (secondary N) is 1. The van der Waals surface area contributed by atoms with Crippen LogP contribution >= 0.6 is 35.3 Å². The number of anilines is 1. The fraction of sp³-hybridized carbons (Fsp3) is 0.133. The Morgan fingerprint density at radius 1 is 1.38 bits per heavy atom. The summed E-state index contributed by atoms with van der Waals surface area (Å²) in [7, 11) is 0. The van der Waals surface area contributed by atoms with Crippen molar-refractivity contribution in [3.63, 3.8) is 0 Å². The van der Waals surface area contributed by atoms with Crippen LogP contribution in [0.5, 0.6) is 0 Å². The van der Waals surface area contributed by atoms with Gasteiger partial charge in [0.05, 0.1) is 5.75 Å². The number of hydrogen-bond donors (Lipinski definition) is 1. The minimum absolute atomic E-state index is 0.00237. The van der Waals surface area contributed by atoms with Crippen LogP contribution in [0.4, 0.5) is 5.13 Å². The lowest BCUT2D eigenvalue weighted by atomic mass is 10.2. The number of ketones is 1. The lowest BCUT2D eigenvalue weighted by Crippen LogP contribution is -2.15. The quantitative estimate of drug-likeness (QED) is 0.554. The Bertz CT molecular complexity index is 966. The van der Waals surface area contributed by atoms with E-state index in [-0.39, 0.29) is 17.1 Å². The molecule has 0 aliphatic rings. The maximum absolute atomic E-state index is 12.0. The van der Waals surface area contributed by atoms with Crippen molar-refractivity contribution in [1.29, 1.82) is 0 Å². The summed E-state index contributed by atoms with van der Waals surface area (Å²) in [4.78, 5) is 28.6. The van der Waals surface area contributed by atoms with Gasteiger partial charge in [0, 0.05) is 17.3 Å². The monoisotopic (exact) mass is 376 g/mol. The molecule has 0 amide bonds. The number of fused-ring (bicyclic) bond motifs is 1. The number of aryl methyl sites for hydroxylation is 1. The average Bonchev–Trinajstić information content (AvgIpc) is 2.96. The third-order valence-electron chi connectivity index (χ3n) is 3.01. The van der Waals surface area contributed by atoms with Crippen LogP contribution in [0.2, 0.25) is 0 Å². The third-order valence-corrected chi connectivity index (χ3v) is 5.06. The van der Waals surface area contributed by atoms with E-state index in [2.05, 4.69) is 15.4 Å². The number of nitrogens with zero attached hydrogens (tertiary/aromatic N) is 3. The summed E-state index contributed by atoms with van der Waals surface area (Å²) in [5, 5.41) is 7.54. The Morgan fingerprint density at radius 2 is 2.12 bits per heavy atom. The molecule has 3 aromatic rings. The van der Waals surface area contributed by atoms with Crippen molar-refractivity contribution >= 4 is 55.5 Å². The van der Waals surface area contributed by atoms with E-state index < -0.39 is 0 Å². The molecule has 0 radical (unpaired) electrons. The zero-order valence-electron chi connectivity index (χ0n) is 12.6. The SMILES string of the molecule is Cc1cc(=O)n2nc(NC(=S)SCC(=O)c3ccccc3)sc2n1. The smallest absolute Gasteiger partial charge is 0.275 e. The maximum atomic E-state index is 12.0. The number of carbonyl (C=O) groups is 1. The minimum atomic E-state index is -0.236. The Balaban J connectivity index is 1.64. The molecule has 6 nitrogen and oxygen atoms in total. The van der Waals surface area contributed by atoms with Crippen LogP contribution in [0, 0.1) is 6.92 Å². The highest BCUT2D eigenvalue weighted by Gasteiger charge is 2.11. The zero-order chi connectivity index (χ0) is 17.1. The van der Waals surface area contributed by atoms with Crippen molar-refractivity contribution < 1.29 is 4.79 Å². The molecule has 122 valence electrons. The molecule has 2 aromatic heterocycles. The van der Waals surface area contributed by atoms with Crippen molar-refractivity contribution in [3.05, 3.63) is 58.0 Å². The standard InChI is InChI=1S/C15H12N4O2S3/c1-9-7-12(21)19-14(16-9)24-13(18-19)17-15(22)23-8-11(20)10-5-3-2-4-6-10/h2-7H,8H2,1H3,(H,17,18,22). The Kier molecular flexibility index (Phi) is 5.03. The number of rotatable bonds is 4. The van der Waals surface area contributed by atoms with Gasteiger partial charge in [-0.3, -0.25) is 9.59 Å². The van der Waals surface area contributed by atoms with E-state index in [9.17, 15) is 9.59 Å². The topological polar surface area (TPSA) is 76.4 Å². The summed E-state index contributed by atoms with van der Waals surface area (Å²) in [5.41, 5.74) is 1.05. The van der Waals surface area contributed by atoms with Gasteiger partial charge in [0.25, 0.3) is 5.56 Å². The number of carbonyl (C=O) groups excluding carboxylic acids is 1. The van der Waals surface area contributed by atoms with Gasteiger partial charge in [-0.1, -0.05) is 65.6 Å². The molecule has 0 saturated heterocycles. The molecule has 0 fully saturated rings. The molecule has 9 heteroatoms. The van der Waals surface area contributed by atoms with Gasteiger partial charge in [-0.15, -0.1) is 5.10 Å². The molecule has 0 spiro atoms. The van der Waals surface area contributed by atoms with Crippen molar-refractivity contribution in [1.82, 2.24) is 14.6 Å². The zero-order valence-corrected chi connectivity index (χ0v) is 15.0. The first-order chi connectivity index (χ1) is 11.5. The van der Waals surface area contributed by atoms with Crippen LogP contribution in [0.1, 0.15) is 16.1 Å². The molecule has 0 bridgehead atoms. The Labute approximate surface area is 150 Å². The van der Waals surface area contributed by atoms with Crippen LogP contribution in [0.25, 0.3) is 4.96 Å². The molecule has 0 unspecified atom stereocenters. The predicted molar refractivity (Wildman–Crippen MR) is 101 cm³/mol. The van der Waals surface area contributed by atoms with Gasteiger partial charge in [0.1, 0.15) is 4.32 Å². The van der Waals surface area contributed by atoms with E-state index in [1.807, 2.05) is 18.2 Å². The lowest BCUT2D eigenvalue weighted by Gasteiger charge is -2.03. The highest BCUT2D eigenvalue weighted by molar-refractivity contribution is 8.23. The summed E-state index contributed by atoms with van der Waals surface area (Å²) in [6.45, 7) is 1.75. The van der Waals surface area contributed by atoms with Gasteiger partial charge in [0.2, 0.25) is 10.1 Å². The van der Waals surface area contributed by atoms with Gasteiger partial charge < -0.3 is 5.32 Å². The molecule has 0 aliphatic heterocycles. The molecule has 1 N–H and O–H groups in total. The fourth-order valence-corrected chi connectivity index (χ4v) is 3.79. The van der Waals surface area contributed by atoms with E-state index in [0.717, 1.165) is 0 Å². The molecule has 0 saturated carbocycles.